The molecular weight excluding hydrogens is 219 g/mol. The maximum absolute atomic E-state index is 12.5. The average molecular weight is 227 g/mol. The molecule has 0 fully saturated rings. The summed E-state index contributed by atoms with van der Waals surface area (Å²) >= 11 is 0. The fourth-order valence-corrected chi connectivity index (χ4v) is 1.65. The Morgan fingerprint density at radius 2 is 1.81 bits per heavy atom. The maximum atomic E-state index is 12.5. The van der Waals surface area contributed by atoms with Gasteiger partial charge in [-0.05, 0) is 18.6 Å². The van der Waals surface area contributed by atoms with Crippen LogP contribution in [0, 0.1) is 12.1 Å². The largest absolute Gasteiger partial charge is 0.618 e. The van der Waals surface area contributed by atoms with Crippen LogP contribution in [0.1, 0.15) is 11.3 Å². The van der Waals surface area contributed by atoms with E-state index in [1.165, 1.54) is 12.1 Å². The van der Waals surface area contributed by atoms with E-state index in [-0.39, 0.29) is 10.2 Å². The number of aryl methyl sites for hydroxylation is 1. The second kappa shape index (κ2) is 3.37. The van der Waals surface area contributed by atoms with Gasteiger partial charge in [-0.3, -0.25) is 0 Å². The molecule has 1 aromatic heterocycles. The molecule has 0 aliphatic carbocycles. The number of alkyl halides is 3. The molecule has 0 amide bonds. The Bertz CT molecular complexity index is 549. The van der Waals surface area contributed by atoms with Gasteiger partial charge in [0, 0.05) is 12.1 Å². The molecule has 0 radical (unpaired) electrons. The van der Waals surface area contributed by atoms with Crippen molar-refractivity contribution in [2.75, 3.05) is 0 Å². The van der Waals surface area contributed by atoms with E-state index in [4.69, 9.17) is 0 Å². The molecule has 0 saturated heterocycles. The quantitative estimate of drug-likeness (QED) is 0.502. The van der Waals surface area contributed by atoms with Crippen LogP contribution in [-0.4, -0.2) is 0 Å². The molecule has 1 aromatic carbocycles. The van der Waals surface area contributed by atoms with Crippen molar-refractivity contribution in [3.63, 3.8) is 0 Å². The third-order valence-electron chi connectivity index (χ3n) is 2.41. The van der Waals surface area contributed by atoms with Gasteiger partial charge in [0.15, 0.2) is 0 Å². The summed E-state index contributed by atoms with van der Waals surface area (Å²) in [6, 6.07) is 7.10. The van der Waals surface area contributed by atoms with Crippen LogP contribution in [0.2, 0.25) is 0 Å². The first-order valence-electron chi connectivity index (χ1n) is 4.60. The highest BCUT2D eigenvalue weighted by molar-refractivity contribution is 5.79. The van der Waals surface area contributed by atoms with Crippen molar-refractivity contribution in [2.24, 2.45) is 0 Å². The minimum atomic E-state index is -4.63. The van der Waals surface area contributed by atoms with Crippen molar-refractivity contribution in [1.29, 1.82) is 0 Å². The Labute approximate surface area is 89.5 Å². The van der Waals surface area contributed by atoms with Crippen molar-refractivity contribution in [3.8, 4) is 0 Å². The third-order valence-corrected chi connectivity index (χ3v) is 2.41. The topological polar surface area (TPSA) is 26.9 Å². The zero-order valence-electron chi connectivity index (χ0n) is 8.38. The van der Waals surface area contributed by atoms with Crippen LogP contribution in [0.3, 0.4) is 0 Å². The summed E-state index contributed by atoms with van der Waals surface area (Å²) in [5, 5.41) is 12.1. The molecule has 0 saturated carbocycles. The van der Waals surface area contributed by atoms with Gasteiger partial charge in [0.1, 0.15) is 0 Å². The normalized spacial score (nSPS) is 12.0. The van der Waals surface area contributed by atoms with Crippen LogP contribution in [-0.2, 0) is 6.18 Å². The highest BCUT2D eigenvalue weighted by atomic mass is 19.4. The number of aromatic nitrogens is 1. The second-order valence-corrected chi connectivity index (χ2v) is 3.52. The fourth-order valence-electron chi connectivity index (χ4n) is 1.65. The average Bonchev–Trinajstić information content (AvgIpc) is 2.22. The number of hydrogen-bond donors (Lipinski definition) is 0. The summed E-state index contributed by atoms with van der Waals surface area (Å²) < 4.78 is 37.5. The Morgan fingerprint density at radius 1 is 1.19 bits per heavy atom. The molecule has 2 aromatic rings. The Balaban J connectivity index is 2.86. The highest BCUT2D eigenvalue weighted by Gasteiger charge is 2.40. The molecule has 0 atom stereocenters. The molecule has 0 unspecified atom stereocenters. The lowest BCUT2D eigenvalue weighted by molar-refractivity contribution is -0.602. The fraction of sp³-hybridized carbons (Fsp3) is 0.182. The molecule has 16 heavy (non-hydrogen) atoms. The molecule has 2 rings (SSSR count). The first-order valence-corrected chi connectivity index (χ1v) is 4.60. The molecule has 0 aliphatic rings. The lowest BCUT2D eigenvalue weighted by Crippen LogP contribution is -2.37. The zero-order valence-corrected chi connectivity index (χ0v) is 8.38. The zero-order chi connectivity index (χ0) is 11.9. The first-order chi connectivity index (χ1) is 7.41. The van der Waals surface area contributed by atoms with Gasteiger partial charge in [0.2, 0.25) is 5.52 Å². The molecule has 0 N–H and O–H groups in total. The van der Waals surface area contributed by atoms with Gasteiger partial charge in [0.05, 0.1) is 5.39 Å². The van der Waals surface area contributed by atoms with Crippen LogP contribution in [0.4, 0.5) is 13.2 Å². The van der Waals surface area contributed by atoms with E-state index in [2.05, 4.69) is 0 Å². The highest BCUT2D eigenvalue weighted by Crippen LogP contribution is 2.29. The summed E-state index contributed by atoms with van der Waals surface area (Å²) in [6.07, 6.45) is -4.63. The molecular formula is C11H8F3NO. The van der Waals surface area contributed by atoms with Crippen LogP contribution in [0.5, 0.6) is 0 Å². The standard InChI is InChI=1S/C11H8F3NO/c1-7-6-10(11(12,13)14)15(16)9-5-3-2-4-8(7)9/h2-6H,1H3. The first kappa shape index (κ1) is 10.7. The minimum absolute atomic E-state index is 0.0369. The van der Waals surface area contributed by atoms with Gasteiger partial charge in [-0.2, -0.15) is 17.9 Å². The molecule has 2 nitrogen and oxygen atoms in total. The van der Waals surface area contributed by atoms with Gasteiger partial charge < -0.3 is 5.21 Å². The Hall–Kier alpha value is -1.78. The SMILES string of the molecule is Cc1cc(C(F)(F)F)[n+]([O-])c2ccccc12. The van der Waals surface area contributed by atoms with E-state index in [9.17, 15) is 18.4 Å². The van der Waals surface area contributed by atoms with E-state index >= 15 is 0 Å². The number of halogens is 3. The van der Waals surface area contributed by atoms with Crippen molar-refractivity contribution in [3.05, 3.63) is 46.8 Å². The smallest absolute Gasteiger partial charge is 0.478 e. The van der Waals surface area contributed by atoms with Crippen LogP contribution < -0.4 is 4.73 Å². The number of benzene rings is 1. The van der Waals surface area contributed by atoms with E-state index in [0.717, 1.165) is 6.07 Å². The van der Waals surface area contributed by atoms with Gasteiger partial charge in [-0.15, -0.1) is 0 Å². The minimum Gasteiger partial charge on any atom is -0.618 e. The molecule has 84 valence electrons. The number of para-hydroxylation sites is 1. The summed E-state index contributed by atoms with van der Waals surface area (Å²) in [4.78, 5) is 0. The molecule has 1 heterocycles. The van der Waals surface area contributed by atoms with Gasteiger partial charge in [0.25, 0.3) is 5.69 Å². The number of pyridine rings is 1. The van der Waals surface area contributed by atoms with Crippen molar-refractivity contribution >= 4 is 10.9 Å². The van der Waals surface area contributed by atoms with Crippen molar-refractivity contribution < 1.29 is 17.9 Å². The van der Waals surface area contributed by atoms with Crippen LogP contribution in [0.15, 0.2) is 30.3 Å². The molecule has 0 bridgehead atoms. The number of fused-ring (bicyclic) bond motifs is 1. The summed E-state index contributed by atoms with van der Waals surface area (Å²) in [5.41, 5.74) is -0.700. The molecule has 0 aliphatic heterocycles. The van der Waals surface area contributed by atoms with E-state index in [1.807, 2.05) is 0 Å². The lowest BCUT2D eigenvalue weighted by Gasteiger charge is -2.11. The van der Waals surface area contributed by atoms with Gasteiger partial charge in [-0.25, -0.2) is 0 Å². The van der Waals surface area contributed by atoms with Gasteiger partial charge in [-0.1, -0.05) is 12.1 Å². The predicted octanol–water partition coefficient (Wildman–Crippen LogP) is 2.80. The van der Waals surface area contributed by atoms with Crippen molar-refractivity contribution in [1.82, 2.24) is 0 Å². The monoisotopic (exact) mass is 227 g/mol. The van der Waals surface area contributed by atoms with Crippen LogP contribution >= 0.6 is 0 Å². The second-order valence-electron chi connectivity index (χ2n) is 3.52. The third kappa shape index (κ3) is 1.58. The summed E-state index contributed by atoms with van der Waals surface area (Å²) in [6.45, 7) is 1.55. The van der Waals surface area contributed by atoms with E-state index in [0.29, 0.717) is 10.9 Å². The van der Waals surface area contributed by atoms with E-state index < -0.39 is 11.9 Å². The van der Waals surface area contributed by atoms with E-state index in [1.54, 1.807) is 19.1 Å². The molecule has 5 heteroatoms. The predicted molar refractivity (Wildman–Crippen MR) is 52.6 cm³/mol. The summed E-state index contributed by atoms with van der Waals surface area (Å²) in [5.74, 6) is 0. The number of hydrogen-bond acceptors (Lipinski definition) is 1. The number of nitrogens with zero attached hydrogens (tertiary/aromatic N) is 1. The summed E-state index contributed by atoms with van der Waals surface area (Å²) in [7, 11) is 0. The van der Waals surface area contributed by atoms with Gasteiger partial charge >= 0.3 is 6.18 Å². The van der Waals surface area contributed by atoms with Crippen molar-refractivity contribution in [2.45, 2.75) is 13.1 Å². The maximum Gasteiger partial charge on any atom is 0.478 e. The van der Waals surface area contributed by atoms with Crippen LogP contribution in [0.25, 0.3) is 10.9 Å². The number of rotatable bonds is 0. The Morgan fingerprint density at radius 3 is 2.44 bits per heavy atom. The lowest BCUT2D eigenvalue weighted by atomic mass is 10.1. The Kier molecular flexibility index (Phi) is 2.26. The molecule has 0 spiro atoms.